The first-order chi connectivity index (χ1) is 20.5. The molecule has 0 aliphatic carbocycles. The van der Waals surface area contributed by atoms with Gasteiger partial charge in [-0.3, -0.25) is 25.0 Å². The Morgan fingerprint density at radius 3 is 2.14 bits per heavy atom. The maximum atomic E-state index is 13.6. The number of urea groups is 1. The second kappa shape index (κ2) is 13.7. The second-order valence-corrected chi connectivity index (χ2v) is 13.5. The number of sulfonamides is 1. The van der Waals surface area contributed by atoms with Crippen molar-refractivity contribution in [2.45, 2.75) is 62.8 Å². The van der Waals surface area contributed by atoms with Gasteiger partial charge in [-0.2, -0.15) is 9.31 Å². The van der Waals surface area contributed by atoms with Gasteiger partial charge in [-0.25, -0.2) is 18.7 Å². The van der Waals surface area contributed by atoms with Crippen molar-refractivity contribution in [2.24, 2.45) is 17.8 Å². The van der Waals surface area contributed by atoms with Crippen LogP contribution in [0.5, 0.6) is 0 Å². The molecule has 2 aromatic carbocycles. The number of hydrazine groups is 1. The summed E-state index contributed by atoms with van der Waals surface area (Å²) in [4.78, 5) is 53.0. The van der Waals surface area contributed by atoms with Crippen LogP contribution in [0.25, 0.3) is 0 Å². The Morgan fingerprint density at radius 1 is 0.953 bits per heavy atom. The highest BCUT2D eigenvalue weighted by molar-refractivity contribution is 7.89. The van der Waals surface area contributed by atoms with Crippen molar-refractivity contribution in [3.8, 4) is 0 Å². The molecule has 2 aromatic rings. The summed E-state index contributed by atoms with van der Waals surface area (Å²) >= 11 is 0. The molecular weight excluding hydrogens is 574 g/mol. The maximum Gasteiger partial charge on any atom is 0.344 e. The van der Waals surface area contributed by atoms with Crippen LogP contribution in [0, 0.1) is 17.8 Å². The summed E-state index contributed by atoms with van der Waals surface area (Å²) < 4.78 is 27.4. The Bertz CT molecular complexity index is 1410. The topological polar surface area (TPSA) is 165 Å². The molecule has 4 N–H and O–H groups in total. The zero-order chi connectivity index (χ0) is 31.2. The van der Waals surface area contributed by atoms with Crippen LogP contribution >= 0.6 is 0 Å². The van der Waals surface area contributed by atoms with Crippen LogP contribution in [0.15, 0.2) is 65.6 Å². The van der Waals surface area contributed by atoms with Crippen LogP contribution in [0.3, 0.4) is 0 Å². The van der Waals surface area contributed by atoms with E-state index in [1.54, 1.807) is 23.7 Å². The van der Waals surface area contributed by atoms with Crippen LogP contribution < -0.4 is 16.2 Å². The molecule has 0 aromatic heterocycles. The van der Waals surface area contributed by atoms with Gasteiger partial charge in [0.1, 0.15) is 5.54 Å². The third-order valence-corrected chi connectivity index (χ3v) is 10.1. The normalized spacial score (nSPS) is 18.4. The van der Waals surface area contributed by atoms with E-state index in [-0.39, 0.29) is 43.2 Å². The zero-order valence-electron chi connectivity index (χ0n) is 24.4. The summed E-state index contributed by atoms with van der Waals surface area (Å²) in [5, 5.41) is 12.8. The summed E-state index contributed by atoms with van der Waals surface area (Å²) in [6.07, 6.45) is 1.86. The van der Waals surface area contributed by atoms with E-state index in [0.717, 1.165) is 5.56 Å². The van der Waals surface area contributed by atoms with Gasteiger partial charge in [-0.1, -0.05) is 62.4 Å². The van der Waals surface area contributed by atoms with Crippen LogP contribution in [0.1, 0.15) is 51.5 Å². The van der Waals surface area contributed by atoms with E-state index in [4.69, 9.17) is 0 Å². The molecule has 5 amide bonds. The maximum absolute atomic E-state index is 13.6. The lowest BCUT2D eigenvalue weighted by molar-refractivity contribution is -0.146. The van der Waals surface area contributed by atoms with Crippen molar-refractivity contribution in [3.05, 3.63) is 66.2 Å². The monoisotopic (exact) mass is 613 g/mol. The molecule has 4 rings (SSSR count). The van der Waals surface area contributed by atoms with Crippen molar-refractivity contribution < 1.29 is 32.8 Å². The molecule has 12 nitrogen and oxygen atoms in total. The quantitative estimate of drug-likeness (QED) is 0.162. The predicted octanol–water partition coefficient (Wildman–Crippen LogP) is 2.60. The number of nitrogens with one attached hydrogen (secondary N) is 3. The number of amides is 5. The first kappa shape index (κ1) is 32.1. The molecule has 43 heavy (non-hydrogen) atoms. The average Bonchev–Trinajstić information content (AvgIpc) is 3.22. The van der Waals surface area contributed by atoms with Gasteiger partial charge < -0.3 is 5.32 Å². The van der Waals surface area contributed by atoms with Crippen LogP contribution in [-0.4, -0.2) is 65.3 Å². The van der Waals surface area contributed by atoms with E-state index in [0.29, 0.717) is 24.3 Å². The minimum atomic E-state index is -3.77. The standard InChI is InChI=1S/C30H39N5O7S/c1-21(2)20-25(24(27(37)33-40)15-9-12-22-10-5-3-6-11-22)26(36)32-35-28(38)30(31-29(35)39)16-18-34(19-17-30)43(41,42)23-13-7-4-8-14-23/h3-8,10-11,13-14,21,24-25,40H,9,12,15-20H2,1-2H3,(H,31,39)(H,32,36)(H,33,37)/t24-,25?/m1/s1. The lowest BCUT2D eigenvalue weighted by atomic mass is 9.81. The number of hydrogen-bond donors (Lipinski definition) is 4. The third-order valence-electron chi connectivity index (χ3n) is 8.16. The predicted molar refractivity (Wildman–Crippen MR) is 156 cm³/mol. The number of hydrogen-bond acceptors (Lipinski definition) is 7. The molecule has 1 spiro atoms. The Kier molecular flexibility index (Phi) is 10.2. The molecule has 1 unspecified atom stereocenters. The fraction of sp³-hybridized carbons (Fsp3) is 0.467. The molecule has 0 bridgehead atoms. The molecule has 2 atom stereocenters. The van der Waals surface area contributed by atoms with Gasteiger partial charge in [0, 0.05) is 13.1 Å². The summed E-state index contributed by atoms with van der Waals surface area (Å²) in [5.41, 5.74) is 3.81. The van der Waals surface area contributed by atoms with Crippen LogP contribution in [0.4, 0.5) is 4.79 Å². The van der Waals surface area contributed by atoms with Crippen molar-refractivity contribution in [1.29, 1.82) is 0 Å². The van der Waals surface area contributed by atoms with Gasteiger partial charge in [-0.15, -0.1) is 0 Å². The van der Waals surface area contributed by atoms with E-state index < -0.39 is 51.2 Å². The molecule has 0 saturated carbocycles. The lowest BCUT2D eigenvalue weighted by Crippen LogP contribution is -2.57. The van der Waals surface area contributed by atoms with E-state index in [1.165, 1.54) is 16.4 Å². The number of benzene rings is 2. The van der Waals surface area contributed by atoms with E-state index >= 15 is 0 Å². The van der Waals surface area contributed by atoms with Gasteiger partial charge in [0.25, 0.3) is 5.91 Å². The van der Waals surface area contributed by atoms with Crippen LogP contribution in [0.2, 0.25) is 0 Å². The number of carbonyl (C=O) groups excluding carboxylic acids is 4. The Labute approximate surface area is 251 Å². The van der Waals surface area contributed by atoms with Gasteiger partial charge >= 0.3 is 6.03 Å². The Hall–Kier alpha value is -3.81. The average molecular weight is 614 g/mol. The van der Waals surface area contributed by atoms with Crippen molar-refractivity contribution in [3.63, 3.8) is 0 Å². The molecule has 2 aliphatic heterocycles. The van der Waals surface area contributed by atoms with Gasteiger partial charge in [-0.05, 0) is 62.1 Å². The number of aryl methyl sites for hydroxylation is 1. The minimum absolute atomic E-state index is 0.00116. The number of hydroxylamine groups is 1. The molecule has 13 heteroatoms. The molecule has 2 saturated heterocycles. The number of carbonyl (C=O) groups is 4. The van der Waals surface area contributed by atoms with Crippen molar-refractivity contribution >= 4 is 33.8 Å². The van der Waals surface area contributed by atoms with Gasteiger partial charge in [0.2, 0.25) is 21.8 Å². The highest BCUT2D eigenvalue weighted by atomic mass is 32.2. The zero-order valence-corrected chi connectivity index (χ0v) is 25.2. The van der Waals surface area contributed by atoms with Crippen LogP contribution in [-0.2, 0) is 30.8 Å². The SMILES string of the molecule is CC(C)CC(C(=O)NN1C(=O)NC2(CCN(S(=O)(=O)c3ccccc3)CC2)C1=O)[C@@H](CCCc1ccccc1)C(=O)NO. The first-order valence-corrected chi connectivity index (χ1v) is 15.9. The number of nitrogens with zero attached hydrogens (tertiary/aromatic N) is 2. The number of rotatable bonds is 12. The molecular formula is C30H39N5O7S. The molecule has 0 radical (unpaired) electrons. The smallest absolute Gasteiger partial charge is 0.321 e. The van der Waals surface area contributed by atoms with E-state index in [2.05, 4.69) is 10.7 Å². The highest BCUT2D eigenvalue weighted by Gasteiger charge is 2.54. The molecule has 2 fully saturated rings. The summed E-state index contributed by atoms with van der Waals surface area (Å²) in [6.45, 7) is 3.78. The Balaban J connectivity index is 1.45. The van der Waals surface area contributed by atoms with Crippen molar-refractivity contribution in [1.82, 2.24) is 25.5 Å². The first-order valence-electron chi connectivity index (χ1n) is 14.5. The summed E-state index contributed by atoms with van der Waals surface area (Å²) in [5.74, 6) is -3.93. The largest absolute Gasteiger partial charge is 0.344 e. The Morgan fingerprint density at radius 2 is 1.56 bits per heavy atom. The van der Waals surface area contributed by atoms with E-state index in [1.807, 2.05) is 44.2 Å². The molecule has 2 heterocycles. The second-order valence-electron chi connectivity index (χ2n) is 11.5. The molecule has 232 valence electrons. The third kappa shape index (κ3) is 7.23. The number of piperidine rings is 1. The highest BCUT2D eigenvalue weighted by Crippen LogP contribution is 2.32. The number of imide groups is 1. The summed E-state index contributed by atoms with van der Waals surface area (Å²) in [6, 6.07) is 16.8. The minimum Gasteiger partial charge on any atom is -0.321 e. The van der Waals surface area contributed by atoms with E-state index in [9.17, 15) is 32.8 Å². The van der Waals surface area contributed by atoms with Gasteiger partial charge in [0.05, 0.1) is 16.7 Å². The lowest BCUT2D eigenvalue weighted by Gasteiger charge is -2.36. The van der Waals surface area contributed by atoms with Crippen molar-refractivity contribution in [2.75, 3.05) is 13.1 Å². The van der Waals surface area contributed by atoms with Gasteiger partial charge in [0.15, 0.2) is 0 Å². The summed E-state index contributed by atoms with van der Waals surface area (Å²) in [7, 11) is -3.77. The molecule has 2 aliphatic rings. The fourth-order valence-corrected chi connectivity index (χ4v) is 7.30. The fourth-order valence-electron chi connectivity index (χ4n) is 5.83.